The summed E-state index contributed by atoms with van der Waals surface area (Å²) in [6.07, 6.45) is 4.12. The number of carbonyl (C=O) groups excluding carboxylic acids is 2. The largest absolute Gasteiger partial charge is 0.464 e. The van der Waals surface area contributed by atoms with E-state index in [0.29, 0.717) is 37.9 Å². The van der Waals surface area contributed by atoms with Gasteiger partial charge in [0.15, 0.2) is 0 Å². The molecule has 4 fully saturated rings. The Morgan fingerprint density at radius 1 is 1.00 bits per heavy atom. The van der Waals surface area contributed by atoms with Crippen LogP contribution in [0.15, 0.2) is 12.1 Å². The molecular formula is C23H30O7S. The topological polar surface area (TPSA) is 107 Å². The van der Waals surface area contributed by atoms with Crippen molar-refractivity contribution < 1.29 is 32.0 Å². The van der Waals surface area contributed by atoms with Gasteiger partial charge in [0.1, 0.15) is 18.1 Å². The summed E-state index contributed by atoms with van der Waals surface area (Å²) in [5.41, 5.74) is 1.44. The van der Waals surface area contributed by atoms with Gasteiger partial charge >= 0.3 is 11.9 Å². The van der Waals surface area contributed by atoms with Crippen LogP contribution in [-0.4, -0.2) is 37.3 Å². The summed E-state index contributed by atoms with van der Waals surface area (Å²) in [5.74, 6) is -0.250. The van der Waals surface area contributed by atoms with E-state index in [-0.39, 0.29) is 24.4 Å². The quantitative estimate of drug-likeness (QED) is 0.401. The standard InChI is InChI=1S/C23H30O7S/c1-14-6-15(2)19(16(3)7-14)30-21(25)23-11-17-8-18(12-23)10-22(9-17,13-23)20(24)29-4-5-31(26,27)28/h6-7,17-18H,4-5,8-13H2,1-3H3,(H,26,27,28). The molecule has 1 aromatic rings. The predicted molar refractivity (Wildman–Crippen MR) is 113 cm³/mol. The van der Waals surface area contributed by atoms with Crippen LogP contribution in [0, 0.1) is 43.4 Å². The Labute approximate surface area is 183 Å². The number of aryl methyl sites for hydroxylation is 3. The lowest BCUT2D eigenvalue weighted by Gasteiger charge is -2.59. The van der Waals surface area contributed by atoms with Crippen LogP contribution in [0.1, 0.15) is 55.2 Å². The summed E-state index contributed by atoms with van der Waals surface area (Å²) in [7, 11) is -4.20. The summed E-state index contributed by atoms with van der Waals surface area (Å²) in [5, 5.41) is 0. The number of rotatable bonds is 6. The van der Waals surface area contributed by atoms with Gasteiger partial charge in [-0.25, -0.2) is 0 Å². The Kier molecular flexibility index (Phi) is 5.45. The fourth-order valence-electron chi connectivity index (χ4n) is 6.66. The molecule has 1 N–H and O–H groups in total. The zero-order chi connectivity index (χ0) is 22.6. The first kappa shape index (κ1) is 22.3. The first-order valence-corrected chi connectivity index (χ1v) is 12.4. The highest BCUT2D eigenvalue weighted by Crippen LogP contribution is 2.66. The maximum absolute atomic E-state index is 13.5. The zero-order valence-electron chi connectivity index (χ0n) is 18.3. The van der Waals surface area contributed by atoms with Gasteiger partial charge in [-0.3, -0.25) is 14.1 Å². The number of ether oxygens (including phenoxy) is 2. The van der Waals surface area contributed by atoms with Crippen LogP contribution >= 0.6 is 0 Å². The maximum Gasteiger partial charge on any atom is 0.317 e. The third-order valence-electron chi connectivity index (χ3n) is 7.30. The lowest BCUT2D eigenvalue weighted by Crippen LogP contribution is -2.58. The van der Waals surface area contributed by atoms with Gasteiger partial charge in [-0.1, -0.05) is 17.7 Å². The van der Waals surface area contributed by atoms with Crippen molar-refractivity contribution in [2.75, 3.05) is 12.4 Å². The van der Waals surface area contributed by atoms with Crippen LogP contribution in [0.3, 0.4) is 0 Å². The van der Waals surface area contributed by atoms with E-state index in [4.69, 9.17) is 14.0 Å². The highest BCUT2D eigenvalue weighted by molar-refractivity contribution is 7.85. The summed E-state index contributed by atoms with van der Waals surface area (Å²) in [6, 6.07) is 3.98. The molecule has 2 atom stereocenters. The molecule has 4 aliphatic rings. The van der Waals surface area contributed by atoms with E-state index in [1.807, 2.05) is 32.9 Å². The third kappa shape index (κ3) is 4.24. The van der Waals surface area contributed by atoms with E-state index < -0.39 is 32.7 Å². The first-order valence-electron chi connectivity index (χ1n) is 10.8. The van der Waals surface area contributed by atoms with Crippen LogP contribution in [0.25, 0.3) is 0 Å². The average molecular weight is 451 g/mol. The van der Waals surface area contributed by atoms with Crippen molar-refractivity contribution in [2.24, 2.45) is 22.7 Å². The number of benzene rings is 1. The molecule has 0 spiro atoms. The van der Waals surface area contributed by atoms with Gasteiger partial charge < -0.3 is 9.47 Å². The van der Waals surface area contributed by atoms with Gasteiger partial charge in [-0.15, -0.1) is 0 Å². The minimum absolute atomic E-state index is 0.253. The van der Waals surface area contributed by atoms with Gasteiger partial charge in [-0.05, 0) is 82.3 Å². The normalized spacial score (nSPS) is 31.5. The van der Waals surface area contributed by atoms with Crippen molar-refractivity contribution in [3.63, 3.8) is 0 Å². The van der Waals surface area contributed by atoms with Gasteiger partial charge in [0.25, 0.3) is 10.1 Å². The van der Waals surface area contributed by atoms with E-state index in [0.717, 1.165) is 23.1 Å². The van der Waals surface area contributed by atoms with E-state index in [1.54, 1.807) is 0 Å². The van der Waals surface area contributed by atoms with Crippen molar-refractivity contribution in [1.82, 2.24) is 0 Å². The van der Waals surface area contributed by atoms with Crippen molar-refractivity contribution in [2.45, 2.75) is 59.3 Å². The Balaban J connectivity index is 1.55. The molecule has 8 heteroatoms. The van der Waals surface area contributed by atoms with Crippen molar-refractivity contribution >= 4 is 22.1 Å². The Morgan fingerprint density at radius 2 is 1.52 bits per heavy atom. The smallest absolute Gasteiger partial charge is 0.317 e. The van der Waals surface area contributed by atoms with E-state index in [2.05, 4.69) is 0 Å². The third-order valence-corrected chi connectivity index (χ3v) is 7.98. The fraction of sp³-hybridized carbons (Fsp3) is 0.652. The molecule has 5 rings (SSSR count). The van der Waals surface area contributed by atoms with Gasteiger partial charge in [0.05, 0.1) is 10.8 Å². The molecule has 0 aromatic heterocycles. The van der Waals surface area contributed by atoms with Crippen LogP contribution in [-0.2, 0) is 24.4 Å². The highest BCUT2D eigenvalue weighted by Gasteiger charge is 2.64. The molecule has 31 heavy (non-hydrogen) atoms. The molecule has 0 amide bonds. The second-order valence-electron chi connectivity index (χ2n) is 10.1. The lowest BCUT2D eigenvalue weighted by molar-refractivity contribution is -0.189. The Morgan fingerprint density at radius 3 is 2.03 bits per heavy atom. The van der Waals surface area contributed by atoms with Crippen LogP contribution < -0.4 is 4.74 Å². The zero-order valence-corrected chi connectivity index (χ0v) is 19.1. The monoisotopic (exact) mass is 450 g/mol. The SMILES string of the molecule is Cc1cc(C)c(OC(=O)C23CC4CC(CC(C(=O)OCCS(=O)(=O)O)(C4)C2)C3)c(C)c1. The second-order valence-corrected chi connectivity index (χ2v) is 11.6. The minimum Gasteiger partial charge on any atom is -0.464 e. The molecule has 0 heterocycles. The Hall–Kier alpha value is -1.93. The van der Waals surface area contributed by atoms with Crippen LogP contribution in [0.2, 0.25) is 0 Å². The summed E-state index contributed by atoms with van der Waals surface area (Å²) < 4.78 is 42.0. The van der Waals surface area contributed by atoms with Gasteiger partial charge in [0, 0.05) is 0 Å². The molecule has 170 valence electrons. The van der Waals surface area contributed by atoms with E-state index in [9.17, 15) is 18.0 Å². The lowest BCUT2D eigenvalue weighted by atomic mass is 9.44. The van der Waals surface area contributed by atoms with Crippen LogP contribution in [0.5, 0.6) is 5.75 Å². The highest BCUT2D eigenvalue weighted by atomic mass is 32.2. The van der Waals surface area contributed by atoms with E-state index in [1.165, 1.54) is 0 Å². The summed E-state index contributed by atoms with van der Waals surface area (Å²) in [4.78, 5) is 26.5. The molecular weight excluding hydrogens is 420 g/mol. The minimum atomic E-state index is -4.20. The molecule has 4 aliphatic carbocycles. The number of hydrogen-bond acceptors (Lipinski definition) is 6. The molecule has 0 radical (unpaired) electrons. The predicted octanol–water partition coefficient (Wildman–Crippen LogP) is 3.53. The van der Waals surface area contributed by atoms with Gasteiger partial charge in [-0.2, -0.15) is 8.42 Å². The van der Waals surface area contributed by atoms with Crippen molar-refractivity contribution in [1.29, 1.82) is 0 Å². The maximum atomic E-state index is 13.5. The number of hydrogen-bond donors (Lipinski definition) is 1. The number of carbonyl (C=O) groups is 2. The van der Waals surface area contributed by atoms with Crippen molar-refractivity contribution in [3.05, 3.63) is 28.8 Å². The molecule has 4 saturated carbocycles. The van der Waals surface area contributed by atoms with Gasteiger partial charge in [0.2, 0.25) is 0 Å². The number of esters is 2. The molecule has 4 bridgehead atoms. The summed E-state index contributed by atoms with van der Waals surface area (Å²) in [6.45, 7) is 5.47. The van der Waals surface area contributed by atoms with E-state index >= 15 is 0 Å². The Bertz CT molecular complexity index is 989. The molecule has 1 aromatic carbocycles. The molecule has 7 nitrogen and oxygen atoms in total. The fourth-order valence-corrected chi connectivity index (χ4v) is 6.96. The average Bonchev–Trinajstić information content (AvgIpc) is 2.62. The second kappa shape index (κ2) is 7.59. The molecule has 0 saturated heterocycles. The summed E-state index contributed by atoms with van der Waals surface area (Å²) >= 11 is 0. The van der Waals surface area contributed by atoms with Crippen LogP contribution in [0.4, 0.5) is 0 Å². The molecule has 2 unspecified atom stereocenters. The van der Waals surface area contributed by atoms with Crippen molar-refractivity contribution in [3.8, 4) is 5.75 Å². The first-order chi connectivity index (χ1) is 14.4. The molecule has 0 aliphatic heterocycles.